The Bertz CT molecular complexity index is 10300. The normalized spacial score (nSPS) is 11.6. The quantitative estimate of drug-likeness (QED) is 0.0953. The lowest BCUT2D eigenvalue weighted by Gasteiger charge is -2.14. The molecule has 0 unspecified atom stereocenters. The third-order valence-corrected chi connectivity index (χ3v) is 28.3. The second kappa shape index (κ2) is 37.0. The molecule has 0 spiro atoms. The van der Waals surface area contributed by atoms with Gasteiger partial charge in [-0.2, -0.15) is 0 Å². The minimum absolute atomic E-state index is 0.618. The zero-order chi connectivity index (χ0) is 99.1. The molecular weight excluding hydrogens is 1840 g/mol. The number of furan rings is 3. The summed E-state index contributed by atoms with van der Waals surface area (Å²) in [4.78, 5) is 44.8. The molecule has 0 amide bonds. The Hall–Kier alpha value is -20.6. The van der Waals surface area contributed by atoms with E-state index < -0.39 is 0 Å². The fourth-order valence-corrected chi connectivity index (χ4v) is 21.5. The van der Waals surface area contributed by atoms with E-state index in [1.54, 1.807) is 0 Å². The van der Waals surface area contributed by atoms with Gasteiger partial charge in [-0.25, -0.2) is 44.9 Å². The summed E-state index contributed by atoms with van der Waals surface area (Å²) in [6.07, 6.45) is 0. The molecule has 15 nitrogen and oxygen atoms in total. The van der Waals surface area contributed by atoms with Gasteiger partial charge in [-0.05, 0) is 102 Å². The van der Waals surface area contributed by atoms with Crippen molar-refractivity contribution >= 4 is 131 Å². The Morgan fingerprint density at radius 1 is 0.140 bits per heavy atom. The van der Waals surface area contributed by atoms with Crippen LogP contribution in [-0.4, -0.2) is 58.6 Å². The van der Waals surface area contributed by atoms with Gasteiger partial charge in [0, 0.05) is 154 Å². The van der Waals surface area contributed by atoms with Gasteiger partial charge >= 0.3 is 0 Å². The van der Waals surface area contributed by atoms with Crippen LogP contribution in [0.1, 0.15) is 0 Å². The van der Waals surface area contributed by atoms with Crippen LogP contribution in [0.4, 0.5) is 0 Å². The maximum absolute atomic E-state index is 6.55. The topological polar surface area (TPSA) is 170 Å². The molecule has 0 bridgehead atoms. The van der Waals surface area contributed by atoms with Crippen molar-refractivity contribution in [1.29, 1.82) is 0 Å². The van der Waals surface area contributed by atoms with E-state index in [2.05, 4.69) is 305 Å². The van der Waals surface area contributed by atoms with Crippen molar-refractivity contribution in [3.8, 4) is 153 Å². The summed E-state index contributed by atoms with van der Waals surface area (Å²) < 4.78 is 26.2. The van der Waals surface area contributed by atoms with Gasteiger partial charge in [0.15, 0.2) is 52.4 Å². The van der Waals surface area contributed by atoms with Crippen molar-refractivity contribution in [2.24, 2.45) is 0 Å². The summed E-state index contributed by atoms with van der Waals surface area (Å²) in [5, 5.41) is 13.8. The molecule has 0 radical (unpaired) electrons. The summed E-state index contributed by atoms with van der Waals surface area (Å²) in [7, 11) is 0. The molecule has 0 N–H and O–H groups in total. The molecule has 150 heavy (non-hydrogen) atoms. The van der Waals surface area contributed by atoms with Crippen LogP contribution >= 0.6 is 0 Å². The highest BCUT2D eigenvalue weighted by atomic mass is 16.3. The van der Waals surface area contributed by atoms with Gasteiger partial charge in [0.05, 0.1) is 33.1 Å². The molecule has 9 aromatic heterocycles. The Balaban J connectivity index is 0.000000108. The van der Waals surface area contributed by atoms with Crippen LogP contribution in [0.15, 0.2) is 523 Å². The number of rotatable bonds is 15. The standard InChI is InChI=1S/3C45H28N4O/c1-3-14-29(15-4-1)43-46-44(30-16-5-2-6-17-30)48-45(47-43)31-18-11-19-32(28-31)49-38-25-9-7-20-33(38)35-23-12-24-36(42(35)49)34-22-13-27-40-41(34)37-21-8-10-26-39(37)50-40;1-3-14-29(15-4-1)43-46-44(30-16-5-2-6-17-30)48-45(47-43)31-18-11-19-32(28-31)49-39-26-9-7-20-33(39)35-22-12-23-36(41(35)49)38-25-13-24-37-34-21-8-10-27-40(34)50-42(37)38;1-3-13-29(14-4-1)43-46-44(30-15-5-2-6-16-30)48-45(47-43)32-17-11-18-33(27-32)49-39-23-9-7-19-35(39)37-22-12-21-34(42(37)49)31-25-26-41-38(28-31)36-20-8-10-24-40(36)50-41/h3*1-28H. The molecule has 0 aliphatic rings. The predicted molar refractivity (Wildman–Crippen MR) is 610 cm³/mol. The minimum atomic E-state index is 0.618. The van der Waals surface area contributed by atoms with Crippen molar-refractivity contribution in [3.63, 3.8) is 0 Å². The maximum Gasteiger partial charge on any atom is 0.164 e. The van der Waals surface area contributed by atoms with Gasteiger partial charge in [0.1, 0.15) is 33.5 Å². The van der Waals surface area contributed by atoms with Gasteiger partial charge in [0.25, 0.3) is 0 Å². The molecule has 0 saturated heterocycles. The SMILES string of the molecule is c1ccc(-c2nc(-c3ccccc3)nc(-c3cccc(-n4c5ccccc5c5cccc(-c6ccc7oc8ccccc8c7c6)c54)c3)n2)cc1.c1ccc(-c2nc(-c3ccccc3)nc(-c3cccc(-n4c5ccccc5c5cccc(-c6cccc7c6oc6ccccc67)c54)c3)n2)cc1.c1ccc(-c2nc(-c3ccccc3)nc(-c3cccc(-n4c5ccccc5c5cccc(-c6cccc7oc8ccccc8c67)c54)c3)n2)cc1. The van der Waals surface area contributed by atoms with E-state index in [-0.39, 0.29) is 0 Å². The lowest BCUT2D eigenvalue weighted by molar-refractivity contribution is 0.668. The van der Waals surface area contributed by atoms with Gasteiger partial charge in [-0.1, -0.05) is 419 Å². The first-order chi connectivity index (χ1) is 74.4. The van der Waals surface area contributed by atoms with Crippen LogP contribution in [-0.2, 0) is 0 Å². The molecular formula is C135H84N12O3. The maximum atomic E-state index is 6.55. The Kier molecular flexibility index (Phi) is 21.5. The van der Waals surface area contributed by atoms with E-state index in [0.29, 0.717) is 52.4 Å². The predicted octanol–water partition coefficient (Wildman–Crippen LogP) is 34.6. The fraction of sp³-hybridized carbons (Fsp3) is 0. The van der Waals surface area contributed by atoms with Crippen molar-refractivity contribution in [2.45, 2.75) is 0 Å². The average molecular weight is 1920 g/mol. The first-order valence-electron chi connectivity index (χ1n) is 50.1. The van der Waals surface area contributed by atoms with Crippen LogP contribution in [0.25, 0.3) is 284 Å². The van der Waals surface area contributed by atoms with E-state index in [1.807, 2.05) is 218 Å². The van der Waals surface area contributed by atoms with Gasteiger partial charge in [0.2, 0.25) is 0 Å². The molecule has 0 atom stereocenters. The van der Waals surface area contributed by atoms with E-state index in [9.17, 15) is 0 Å². The average Bonchev–Trinajstić information content (AvgIpc) is 1.57. The highest BCUT2D eigenvalue weighted by Gasteiger charge is 2.27. The summed E-state index contributed by atoms with van der Waals surface area (Å²) >= 11 is 0. The third-order valence-electron chi connectivity index (χ3n) is 28.3. The first kappa shape index (κ1) is 87.3. The van der Waals surface area contributed by atoms with Crippen molar-refractivity contribution in [3.05, 3.63) is 510 Å². The van der Waals surface area contributed by atoms with Crippen molar-refractivity contribution in [2.75, 3.05) is 0 Å². The number of hydrogen-bond donors (Lipinski definition) is 0. The molecule has 9 heterocycles. The number of para-hydroxylation sites is 10. The third kappa shape index (κ3) is 15.5. The number of nitrogens with zero attached hydrogens (tertiary/aromatic N) is 12. The van der Waals surface area contributed by atoms with E-state index in [4.69, 9.17) is 58.1 Å². The van der Waals surface area contributed by atoms with Gasteiger partial charge in [-0.15, -0.1) is 0 Å². The second-order valence-electron chi connectivity index (χ2n) is 37.3. The van der Waals surface area contributed by atoms with Crippen LogP contribution in [0, 0.1) is 0 Å². The molecule has 0 aliphatic carbocycles. The summed E-state index contributed by atoms with van der Waals surface area (Å²) in [6.45, 7) is 0. The number of fused-ring (bicyclic) bond motifs is 18. The minimum Gasteiger partial charge on any atom is -0.456 e. The van der Waals surface area contributed by atoms with Crippen LogP contribution in [0.3, 0.4) is 0 Å². The lowest BCUT2D eigenvalue weighted by atomic mass is 9.97. The van der Waals surface area contributed by atoms with E-state index in [1.165, 1.54) is 32.3 Å². The zero-order valence-electron chi connectivity index (χ0n) is 80.6. The van der Waals surface area contributed by atoms with Gasteiger partial charge in [-0.3, -0.25) is 0 Å². The van der Waals surface area contributed by atoms with Crippen molar-refractivity contribution < 1.29 is 13.3 Å². The smallest absolute Gasteiger partial charge is 0.164 e. The first-order valence-corrected chi connectivity index (χ1v) is 50.1. The highest BCUT2D eigenvalue weighted by molar-refractivity contribution is 6.22. The summed E-state index contributed by atoms with van der Waals surface area (Å²) in [6, 6.07) is 176. The monoisotopic (exact) mass is 1920 g/mol. The Morgan fingerprint density at radius 3 is 0.793 bits per heavy atom. The fourth-order valence-electron chi connectivity index (χ4n) is 21.5. The number of aromatic nitrogens is 12. The molecule has 30 aromatic rings. The zero-order valence-corrected chi connectivity index (χ0v) is 80.6. The van der Waals surface area contributed by atoms with Crippen LogP contribution in [0.2, 0.25) is 0 Å². The van der Waals surface area contributed by atoms with E-state index >= 15 is 0 Å². The largest absolute Gasteiger partial charge is 0.456 e. The number of hydrogen-bond acceptors (Lipinski definition) is 12. The van der Waals surface area contributed by atoms with Crippen LogP contribution < -0.4 is 0 Å². The molecule has 0 aliphatic heterocycles. The molecule has 30 rings (SSSR count). The molecule has 0 saturated carbocycles. The molecule has 0 fully saturated rings. The summed E-state index contributed by atoms with van der Waals surface area (Å²) in [5.74, 6) is 5.69. The van der Waals surface area contributed by atoms with Crippen molar-refractivity contribution in [1.82, 2.24) is 58.6 Å². The molecule has 15 heteroatoms. The lowest BCUT2D eigenvalue weighted by Crippen LogP contribution is -2.01. The second-order valence-corrected chi connectivity index (χ2v) is 37.3. The molecule has 21 aromatic carbocycles. The number of benzene rings is 21. The Morgan fingerprint density at radius 2 is 0.393 bits per heavy atom. The van der Waals surface area contributed by atoms with E-state index in [0.717, 1.165) is 199 Å². The van der Waals surface area contributed by atoms with Gasteiger partial charge < -0.3 is 27.0 Å². The molecule has 702 valence electrons. The van der Waals surface area contributed by atoms with Crippen LogP contribution in [0.5, 0.6) is 0 Å². The summed E-state index contributed by atoms with van der Waals surface area (Å²) in [5.41, 5.74) is 30.2. The Labute approximate surface area is 859 Å². The highest BCUT2D eigenvalue weighted by Crippen LogP contribution is 2.49.